The van der Waals surface area contributed by atoms with Crippen LogP contribution in [-0.4, -0.2) is 61.9 Å². The summed E-state index contributed by atoms with van der Waals surface area (Å²) in [5, 5.41) is 13.8. The Morgan fingerprint density at radius 3 is 2.71 bits per heavy atom. The van der Waals surface area contributed by atoms with Crippen LogP contribution in [0.4, 0.5) is 5.69 Å². The first-order valence-corrected chi connectivity index (χ1v) is 8.27. The number of benzene rings is 1. The molecular formula is C17H27N3O. The van der Waals surface area contributed by atoms with Gasteiger partial charge in [0.15, 0.2) is 0 Å². The van der Waals surface area contributed by atoms with E-state index in [2.05, 4.69) is 39.4 Å². The predicted molar refractivity (Wildman–Crippen MR) is 86.9 cm³/mol. The molecule has 0 aromatic heterocycles. The van der Waals surface area contributed by atoms with Gasteiger partial charge >= 0.3 is 0 Å². The van der Waals surface area contributed by atoms with Crippen LogP contribution in [0.25, 0.3) is 0 Å². The van der Waals surface area contributed by atoms with E-state index >= 15 is 0 Å². The van der Waals surface area contributed by atoms with Gasteiger partial charge in [0.05, 0.1) is 6.10 Å². The summed E-state index contributed by atoms with van der Waals surface area (Å²) in [6.45, 7) is 6.79. The zero-order chi connectivity index (χ0) is 14.5. The van der Waals surface area contributed by atoms with E-state index in [1.807, 2.05) is 0 Å². The van der Waals surface area contributed by atoms with Crippen molar-refractivity contribution in [2.45, 2.75) is 25.4 Å². The number of aliphatic hydroxyl groups excluding tert-OH is 1. The number of aryl methyl sites for hydroxylation is 1. The molecule has 2 aliphatic heterocycles. The second-order valence-corrected chi connectivity index (χ2v) is 6.24. The Labute approximate surface area is 127 Å². The van der Waals surface area contributed by atoms with Crippen LogP contribution < -0.4 is 10.2 Å². The Morgan fingerprint density at radius 1 is 1.05 bits per heavy atom. The van der Waals surface area contributed by atoms with E-state index in [-0.39, 0.29) is 6.10 Å². The standard InChI is InChI=1S/C17H27N3O/c21-16(13-19-11-8-18-9-12-19)14-20-10-4-3-6-15-5-1-2-7-17(15)20/h1-2,5,7,16,18,21H,3-4,6,8-14H2. The van der Waals surface area contributed by atoms with Gasteiger partial charge in [-0.3, -0.25) is 4.90 Å². The highest BCUT2D eigenvalue weighted by Gasteiger charge is 2.20. The summed E-state index contributed by atoms with van der Waals surface area (Å²) in [4.78, 5) is 4.75. The van der Waals surface area contributed by atoms with Crippen molar-refractivity contribution in [2.75, 3.05) is 50.7 Å². The maximum Gasteiger partial charge on any atom is 0.0841 e. The van der Waals surface area contributed by atoms with E-state index in [0.717, 1.165) is 45.8 Å². The fraction of sp³-hybridized carbons (Fsp3) is 0.647. The van der Waals surface area contributed by atoms with Crippen molar-refractivity contribution in [3.8, 4) is 0 Å². The van der Waals surface area contributed by atoms with Gasteiger partial charge in [-0.25, -0.2) is 0 Å². The van der Waals surface area contributed by atoms with Gasteiger partial charge in [0.1, 0.15) is 0 Å². The topological polar surface area (TPSA) is 38.7 Å². The van der Waals surface area contributed by atoms with E-state index in [0.29, 0.717) is 0 Å². The second-order valence-electron chi connectivity index (χ2n) is 6.24. The van der Waals surface area contributed by atoms with Crippen molar-refractivity contribution in [3.05, 3.63) is 29.8 Å². The van der Waals surface area contributed by atoms with Crippen molar-refractivity contribution in [3.63, 3.8) is 0 Å². The van der Waals surface area contributed by atoms with Crippen molar-refractivity contribution in [1.29, 1.82) is 0 Å². The average Bonchev–Trinajstić information content (AvgIpc) is 2.71. The number of piperazine rings is 1. The number of β-amino-alcohol motifs (C(OH)–C–C–N with tert-alkyl or cyclic N) is 1. The summed E-state index contributed by atoms with van der Waals surface area (Å²) in [7, 11) is 0. The van der Waals surface area contributed by atoms with E-state index in [9.17, 15) is 5.11 Å². The number of fused-ring (bicyclic) bond motifs is 1. The van der Waals surface area contributed by atoms with Gasteiger partial charge in [-0.1, -0.05) is 18.2 Å². The normalized spacial score (nSPS) is 21.7. The summed E-state index contributed by atoms with van der Waals surface area (Å²) in [5.41, 5.74) is 2.76. The molecule has 2 N–H and O–H groups in total. The lowest BCUT2D eigenvalue weighted by Crippen LogP contribution is -2.48. The number of para-hydroxylation sites is 1. The summed E-state index contributed by atoms with van der Waals surface area (Å²) in [5.74, 6) is 0. The molecule has 0 aliphatic carbocycles. The number of hydrogen-bond acceptors (Lipinski definition) is 4. The van der Waals surface area contributed by atoms with Gasteiger partial charge in [0.25, 0.3) is 0 Å². The molecule has 1 saturated heterocycles. The smallest absolute Gasteiger partial charge is 0.0841 e. The summed E-state index contributed by atoms with van der Waals surface area (Å²) in [6, 6.07) is 8.67. The summed E-state index contributed by atoms with van der Waals surface area (Å²) in [6.07, 6.45) is 3.37. The maximum absolute atomic E-state index is 10.5. The highest BCUT2D eigenvalue weighted by Crippen LogP contribution is 2.26. The summed E-state index contributed by atoms with van der Waals surface area (Å²) >= 11 is 0. The first kappa shape index (κ1) is 14.8. The molecule has 1 fully saturated rings. The van der Waals surface area contributed by atoms with Crippen LogP contribution >= 0.6 is 0 Å². The Bertz CT molecular complexity index is 445. The monoisotopic (exact) mass is 289 g/mol. The Balaban J connectivity index is 1.60. The van der Waals surface area contributed by atoms with Crippen LogP contribution in [0.1, 0.15) is 18.4 Å². The quantitative estimate of drug-likeness (QED) is 0.870. The first-order valence-electron chi connectivity index (χ1n) is 8.27. The molecule has 0 amide bonds. The third-order valence-electron chi connectivity index (χ3n) is 4.57. The molecule has 0 spiro atoms. The average molecular weight is 289 g/mol. The van der Waals surface area contributed by atoms with E-state index in [1.165, 1.54) is 30.5 Å². The SMILES string of the molecule is OC(CN1CCNCC1)CN1CCCCc2ccccc21. The van der Waals surface area contributed by atoms with Gasteiger partial charge < -0.3 is 15.3 Å². The molecule has 3 rings (SSSR count). The lowest BCUT2D eigenvalue weighted by atomic mass is 10.1. The van der Waals surface area contributed by atoms with Crippen LogP contribution in [0.2, 0.25) is 0 Å². The highest BCUT2D eigenvalue weighted by atomic mass is 16.3. The van der Waals surface area contributed by atoms with Gasteiger partial charge in [-0.2, -0.15) is 0 Å². The van der Waals surface area contributed by atoms with E-state index in [1.54, 1.807) is 0 Å². The van der Waals surface area contributed by atoms with Crippen LogP contribution in [-0.2, 0) is 6.42 Å². The Morgan fingerprint density at radius 2 is 1.86 bits per heavy atom. The molecular weight excluding hydrogens is 262 g/mol. The number of anilines is 1. The first-order chi connectivity index (χ1) is 10.3. The van der Waals surface area contributed by atoms with E-state index < -0.39 is 0 Å². The maximum atomic E-state index is 10.5. The zero-order valence-corrected chi connectivity index (χ0v) is 12.8. The van der Waals surface area contributed by atoms with Crippen molar-refractivity contribution >= 4 is 5.69 Å². The fourth-order valence-electron chi connectivity index (χ4n) is 3.46. The fourth-order valence-corrected chi connectivity index (χ4v) is 3.46. The number of aliphatic hydroxyl groups is 1. The lowest BCUT2D eigenvalue weighted by molar-refractivity contribution is 0.109. The largest absolute Gasteiger partial charge is 0.390 e. The molecule has 116 valence electrons. The third-order valence-corrected chi connectivity index (χ3v) is 4.57. The minimum atomic E-state index is -0.269. The Hall–Kier alpha value is -1.10. The molecule has 4 nitrogen and oxygen atoms in total. The van der Waals surface area contributed by atoms with Crippen molar-refractivity contribution < 1.29 is 5.11 Å². The van der Waals surface area contributed by atoms with Crippen molar-refractivity contribution in [1.82, 2.24) is 10.2 Å². The molecule has 1 atom stereocenters. The molecule has 1 aromatic carbocycles. The van der Waals surface area contributed by atoms with Crippen molar-refractivity contribution in [2.24, 2.45) is 0 Å². The van der Waals surface area contributed by atoms with E-state index in [4.69, 9.17) is 0 Å². The number of rotatable bonds is 4. The zero-order valence-electron chi connectivity index (χ0n) is 12.8. The van der Waals surface area contributed by atoms with Crippen LogP contribution in [0.15, 0.2) is 24.3 Å². The molecule has 1 unspecified atom stereocenters. The molecule has 0 saturated carbocycles. The molecule has 21 heavy (non-hydrogen) atoms. The number of nitrogens with zero attached hydrogens (tertiary/aromatic N) is 2. The van der Waals surface area contributed by atoms with Crippen LogP contribution in [0, 0.1) is 0 Å². The summed E-state index contributed by atoms with van der Waals surface area (Å²) < 4.78 is 0. The van der Waals surface area contributed by atoms with Gasteiger partial charge in [-0.05, 0) is 30.9 Å². The minimum absolute atomic E-state index is 0.269. The Kier molecular flexibility index (Phi) is 5.12. The van der Waals surface area contributed by atoms with Crippen LogP contribution in [0.3, 0.4) is 0 Å². The number of hydrogen-bond donors (Lipinski definition) is 2. The molecule has 0 radical (unpaired) electrons. The minimum Gasteiger partial charge on any atom is -0.390 e. The second kappa shape index (κ2) is 7.25. The van der Waals surface area contributed by atoms with Gasteiger partial charge in [0, 0.05) is 51.5 Å². The highest BCUT2D eigenvalue weighted by molar-refractivity contribution is 5.54. The lowest BCUT2D eigenvalue weighted by Gasteiger charge is -2.32. The molecule has 4 heteroatoms. The molecule has 2 heterocycles. The van der Waals surface area contributed by atoms with Gasteiger partial charge in [0.2, 0.25) is 0 Å². The third kappa shape index (κ3) is 3.96. The molecule has 2 aliphatic rings. The molecule has 1 aromatic rings. The van der Waals surface area contributed by atoms with Crippen LogP contribution in [0.5, 0.6) is 0 Å². The number of nitrogens with one attached hydrogen (secondary N) is 1. The van der Waals surface area contributed by atoms with Gasteiger partial charge in [-0.15, -0.1) is 0 Å². The predicted octanol–water partition coefficient (Wildman–Crippen LogP) is 1.10. The molecule has 0 bridgehead atoms.